The van der Waals surface area contributed by atoms with E-state index in [0.717, 1.165) is 31.9 Å². The molecule has 0 N–H and O–H groups in total. The molecule has 1 aliphatic rings. The number of halogens is 1. The lowest BCUT2D eigenvalue weighted by atomic mass is 10.2. The van der Waals surface area contributed by atoms with Crippen LogP contribution in [0.25, 0.3) is 0 Å². The third kappa shape index (κ3) is 3.95. The first kappa shape index (κ1) is 12.8. The minimum absolute atomic E-state index is 0.397. The van der Waals surface area contributed by atoms with Crippen LogP contribution in [-0.2, 0) is 11.3 Å². The average Bonchev–Trinajstić information content (AvgIpc) is 2.81. The maximum atomic E-state index is 5.89. The first-order valence-electron chi connectivity index (χ1n) is 6.23. The second-order valence-corrected chi connectivity index (χ2v) is 4.80. The van der Waals surface area contributed by atoms with Gasteiger partial charge >= 0.3 is 0 Å². The number of aromatic nitrogens is 1. The summed E-state index contributed by atoms with van der Waals surface area (Å²) < 4.78 is 5.66. The number of hydrogen-bond donors (Lipinski definition) is 0. The van der Waals surface area contributed by atoms with Crippen molar-refractivity contribution in [2.45, 2.75) is 32.4 Å². The van der Waals surface area contributed by atoms with Crippen LogP contribution in [0, 0.1) is 0 Å². The molecule has 4 heteroatoms. The maximum Gasteiger partial charge on any atom is 0.129 e. The molecular weight excluding hydrogens is 236 g/mol. The van der Waals surface area contributed by atoms with Gasteiger partial charge in [-0.2, -0.15) is 0 Å². The lowest BCUT2D eigenvalue weighted by Gasteiger charge is -2.23. The molecule has 3 nitrogen and oxygen atoms in total. The number of pyridine rings is 1. The zero-order chi connectivity index (χ0) is 12.1. The largest absolute Gasteiger partial charge is 0.377 e. The van der Waals surface area contributed by atoms with E-state index < -0.39 is 0 Å². The lowest BCUT2D eigenvalue weighted by Crippen LogP contribution is -2.31. The Morgan fingerprint density at radius 1 is 1.53 bits per heavy atom. The molecule has 0 saturated carbocycles. The van der Waals surface area contributed by atoms with Crippen LogP contribution in [0.3, 0.4) is 0 Å². The Labute approximate surface area is 108 Å². The highest BCUT2D eigenvalue weighted by atomic mass is 35.5. The van der Waals surface area contributed by atoms with Crippen molar-refractivity contribution in [1.82, 2.24) is 9.88 Å². The standard InChI is InChI=1S/C13H19ClN2O/c1-2-16(10-12-6-4-8-17-12)9-11-5-3-7-13(14)15-11/h3,5,7,12H,2,4,6,8-10H2,1H3. The Balaban J connectivity index is 1.90. The molecule has 1 fully saturated rings. The van der Waals surface area contributed by atoms with Gasteiger partial charge in [0.15, 0.2) is 0 Å². The highest BCUT2D eigenvalue weighted by Gasteiger charge is 2.18. The summed E-state index contributed by atoms with van der Waals surface area (Å²) in [5.74, 6) is 0. The Hall–Kier alpha value is -0.640. The molecule has 2 heterocycles. The molecule has 1 atom stereocenters. The van der Waals surface area contributed by atoms with Crippen LogP contribution in [0.4, 0.5) is 0 Å². The summed E-state index contributed by atoms with van der Waals surface area (Å²) in [6, 6.07) is 5.77. The molecule has 17 heavy (non-hydrogen) atoms. The van der Waals surface area contributed by atoms with E-state index in [1.54, 1.807) is 6.07 Å². The van der Waals surface area contributed by atoms with Gasteiger partial charge in [-0.05, 0) is 31.5 Å². The van der Waals surface area contributed by atoms with Gasteiger partial charge in [-0.3, -0.25) is 4.90 Å². The van der Waals surface area contributed by atoms with Gasteiger partial charge in [0.25, 0.3) is 0 Å². The Bertz CT molecular complexity index is 353. The second-order valence-electron chi connectivity index (χ2n) is 4.41. The fraction of sp³-hybridized carbons (Fsp3) is 0.615. The molecule has 1 unspecified atom stereocenters. The molecule has 0 amide bonds. The van der Waals surface area contributed by atoms with E-state index in [2.05, 4.69) is 16.8 Å². The van der Waals surface area contributed by atoms with Crippen LogP contribution in [0.15, 0.2) is 18.2 Å². The zero-order valence-electron chi connectivity index (χ0n) is 10.2. The highest BCUT2D eigenvalue weighted by molar-refractivity contribution is 6.29. The maximum absolute atomic E-state index is 5.89. The molecule has 0 spiro atoms. The molecule has 2 rings (SSSR count). The minimum Gasteiger partial charge on any atom is -0.377 e. The topological polar surface area (TPSA) is 25.4 Å². The van der Waals surface area contributed by atoms with Crippen molar-refractivity contribution in [1.29, 1.82) is 0 Å². The van der Waals surface area contributed by atoms with E-state index in [-0.39, 0.29) is 0 Å². The third-order valence-corrected chi connectivity index (χ3v) is 3.30. The van der Waals surface area contributed by atoms with Crippen molar-refractivity contribution >= 4 is 11.6 Å². The molecule has 1 aromatic heterocycles. The second kappa shape index (κ2) is 6.34. The van der Waals surface area contributed by atoms with Crippen molar-refractivity contribution in [3.05, 3.63) is 29.0 Å². The Kier molecular flexibility index (Phi) is 4.77. The van der Waals surface area contributed by atoms with Gasteiger partial charge in [0.1, 0.15) is 5.15 Å². The summed E-state index contributed by atoms with van der Waals surface area (Å²) >= 11 is 5.89. The van der Waals surface area contributed by atoms with Crippen molar-refractivity contribution in [3.63, 3.8) is 0 Å². The third-order valence-electron chi connectivity index (χ3n) is 3.09. The molecule has 0 bridgehead atoms. The summed E-state index contributed by atoms with van der Waals surface area (Å²) in [6.45, 7) is 5.92. The molecule has 94 valence electrons. The predicted octanol–water partition coefficient (Wildman–Crippen LogP) is 2.74. The van der Waals surface area contributed by atoms with Crippen LogP contribution >= 0.6 is 11.6 Å². The highest BCUT2D eigenvalue weighted by Crippen LogP contribution is 2.15. The first-order chi connectivity index (χ1) is 8.28. The zero-order valence-corrected chi connectivity index (χ0v) is 11.0. The fourth-order valence-electron chi connectivity index (χ4n) is 2.15. The van der Waals surface area contributed by atoms with Crippen LogP contribution in [0.5, 0.6) is 0 Å². The number of nitrogens with zero attached hydrogens (tertiary/aromatic N) is 2. The van der Waals surface area contributed by atoms with E-state index in [1.165, 1.54) is 12.8 Å². The summed E-state index contributed by atoms with van der Waals surface area (Å²) in [4.78, 5) is 6.67. The van der Waals surface area contributed by atoms with Crippen LogP contribution in [0.2, 0.25) is 5.15 Å². The van der Waals surface area contributed by atoms with Crippen LogP contribution in [-0.4, -0.2) is 35.7 Å². The monoisotopic (exact) mass is 254 g/mol. The van der Waals surface area contributed by atoms with E-state index in [0.29, 0.717) is 11.3 Å². The molecule has 0 radical (unpaired) electrons. The number of ether oxygens (including phenoxy) is 1. The van der Waals surface area contributed by atoms with Gasteiger partial charge < -0.3 is 4.74 Å². The van der Waals surface area contributed by atoms with Crippen molar-refractivity contribution in [2.75, 3.05) is 19.7 Å². The van der Waals surface area contributed by atoms with Crippen molar-refractivity contribution in [2.24, 2.45) is 0 Å². The number of hydrogen-bond acceptors (Lipinski definition) is 3. The molecule has 1 saturated heterocycles. The predicted molar refractivity (Wildman–Crippen MR) is 69.2 cm³/mol. The van der Waals surface area contributed by atoms with E-state index >= 15 is 0 Å². The van der Waals surface area contributed by atoms with Gasteiger partial charge in [0.2, 0.25) is 0 Å². The van der Waals surface area contributed by atoms with E-state index in [9.17, 15) is 0 Å². The quantitative estimate of drug-likeness (QED) is 0.756. The summed E-state index contributed by atoms with van der Waals surface area (Å²) in [5, 5.41) is 0.565. The molecule has 0 aliphatic carbocycles. The van der Waals surface area contributed by atoms with Gasteiger partial charge in [-0.1, -0.05) is 24.6 Å². The molecular formula is C13H19ClN2O. The normalized spacial score (nSPS) is 20.1. The van der Waals surface area contributed by atoms with Gasteiger partial charge in [-0.25, -0.2) is 4.98 Å². The smallest absolute Gasteiger partial charge is 0.129 e. The Morgan fingerprint density at radius 2 is 2.41 bits per heavy atom. The van der Waals surface area contributed by atoms with Crippen molar-refractivity contribution in [3.8, 4) is 0 Å². The average molecular weight is 255 g/mol. The lowest BCUT2D eigenvalue weighted by molar-refractivity contribution is 0.0721. The minimum atomic E-state index is 0.397. The van der Waals surface area contributed by atoms with Gasteiger partial charge in [-0.15, -0.1) is 0 Å². The molecule has 1 aliphatic heterocycles. The number of rotatable bonds is 5. The fourth-order valence-corrected chi connectivity index (χ4v) is 2.33. The summed E-state index contributed by atoms with van der Waals surface area (Å²) in [7, 11) is 0. The van der Waals surface area contributed by atoms with Crippen LogP contribution < -0.4 is 0 Å². The SMILES string of the molecule is CCN(Cc1cccc(Cl)n1)CC1CCCO1. The van der Waals surface area contributed by atoms with Crippen LogP contribution in [0.1, 0.15) is 25.5 Å². The first-order valence-corrected chi connectivity index (χ1v) is 6.61. The van der Waals surface area contributed by atoms with E-state index in [4.69, 9.17) is 16.3 Å². The molecule has 0 aromatic carbocycles. The van der Waals surface area contributed by atoms with Crippen molar-refractivity contribution < 1.29 is 4.74 Å². The summed E-state index contributed by atoms with van der Waals surface area (Å²) in [5.41, 5.74) is 1.03. The number of likely N-dealkylation sites (N-methyl/N-ethyl adjacent to an activating group) is 1. The van der Waals surface area contributed by atoms with Gasteiger partial charge in [0, 0.05) is 19.7 Å². The molecule has 1 aromatic rings. The van der Waals surface area contributed by atoms with E-state index in [1.807, 2.05) is 12.1 Å². The Morgan fingerprint density at radius 3 is 3.06 bits per heavy atom. The van der Waals surface area contributed by atoms with Gasteiger partial charge in [0.05, 0.1) is 11.8 Å². The summed E-state index contributed by atoms with van der Waals surface area (Å²) in [6.07, 6.45) is 2.77.